The number of rotatable bonds is 4. The Morgan fingerprint density at radius 3 is 2.46 bits per heavy atom. The zero-order valence-electron chi connectivity index (χ0n) is 15.0. The van der Waals surface area contributed by atoms with Crippen LogP contribution in [0.4, 0.5) is 0 Å². The summed E-state index contributed by atoms with van der Waals surface area (Å²) in [4.78, 5) is 17.0. The highest BCUT2D eigenvalue weighted by molar-refractivity contribution is 7.99. The van der Waals surface area contributed by atoms with E-state index in [9.17, 15) is 4.79 Å². The molecule has 1 amide bonds. The van der Waals surface area contributed by atoms with Gasteiger partial charge in [-0.25, -0.2) is 0 Å². The van der Waals surface area contributed by atoms with Crippen LogP contribution in [0.5, 0.6) is 0 Å². The molecule has 2 unspecified atom stereocenters. The maximum Gasteiger partial charge on any atom is 0.224 e. The highest BCUT2D eigenvalue weighted by Crippen LogP contribution is 2.23. The van der Waals surface area contributed by atoms with Gasteiger partial charge in [0.25, 0.3) is 0 Å². The fourth-order valence-electron chi connectivity index (χ4n) is 3.40. The fourth-order valence-corrected chi connectivity index (χ4v) is 4.48. The Bertz CT molecular complexity index is 547. The van der Waals surface area contributed by atoms with E-state index >= 15 is 0 Å². The summed E-state index contributed by atoms with van der Waals surface area (Å²) < 4.78 is 0. The number of thioether (sulfide) groups is 1. The molecule has 2 aliphatic rings. The van der Waals surface area contributed by atoms with E-state index in [1.54, 1.807) is 0 Å². The SMILES string of the molecule is CC(c1ccc(Cl)cc1)N1CCN(C(=O)CC2CSCCN2)CC1.Cl.Cl. The summed E-state index contributed by atoms with van der Waals surface area (Å²) in [6.45, 7) is 6.77. The predicted molar refractivity (Wildman–Crippen MR) is 116 cm³/mol. The Hall–Kier alpha value is -0.170. The van der Waals surface area contributed by atoms with Crippen LogP contribution in [0, 0.1) is 0 Å². The first-order chi connectivity index (χ1) is 11.6. The minimum atomic E-state index is 0. The van der Waals surface area contributed by atoms with E-state index in [0.717, 1.165) is 49.3 Å². The van der Waals surface area contributed by atoms with Gasteiger partial charge in [-0.3, -0.25) is 9.69 Å². The van der Waals surface area contributed by atoms with E-state index in [-0.39, 0.29) is 24.8 Å². The van der Waals surface area contributed by atoms with Crippen molar-refractivity contribution in [1.29, 1.82) is 0 Å². The third-order valence-electron chi connectivity index (χ3n) is 4.99. The molecular weight excluding hydrogens is 413 g/mol. The standard InChI is InChI=1S/C18H26ClN3OS.2ClH/c1-14(15-2-4-16(19)5-3-15)21-7-9-22(10-8-21)18(23)12-17-13-24-11-6-20-17;;/h2-5,14,17,20H,6-13H2,1H3;2*1H. The molecule has 0 bridgehead atoms. The Morgan fingerprint density at radius 2 is 1.88 bits per heavy atom. The van der Waals surface area contributed by atoms with Gasteiger partial charge in [0.15, 0.2) is 0 Å². The van der Waals surface area contributed by atoms with E-state index < -0.39 is 0 Å². The third kappa shape index (κ3) is 6.47. The lowest BCUT2D eigenvalue weighted by Crippen LogP contribution is -2.51. The number of amides is 1. The minimum Gasteiger partial charge on any atom is -0.340 e. The highest BCUT2D eigenvalue weighted by atomic mass is 35.5. The average Bonchev–Trinajstić information content (AvgIpc) is 2.63. The van der Waals surface area contributed by atoms with Crippen LogP contribution in [0.25, 0.3) is 0 Å². The van der Waals surface area contributed by atoms with Gasteiger partial charge >= 0.3 is 0 Å². The maximum atomic E-state index is 12.5. The minimum absolute atomic E-state index is 0. The summed E-state index contributed by atoms with van der Waals surface area (Å²) >= 11 is 7.92. The molecule has 0 aromatic heterocycles. The molecule has 0 radical (unpaired) electrons. The summed E-state index contributed by atoms with van der Waals surface area (Å²) in [6, 6.07) is 8.79. The molecule has 1 aromatic carbocycles. The Balaban J connectivity index is 0.00000169. The maximum absolute atomic E-state index is 12.5. The topological polar surface area (TPSA) is 35.6 Å². The molecule has 0 spiro atoms. The van der Waals surface area contributed by atoms with Crippen LogP contribution in [0.2, 0.25) is 5.02 Å². The lowest BCUT2D eigenvalue weighted by molar-refractivity contribution is -0.133. The summed E-state index contributed by atoms with van der Waals surface area (Å²) in [6.07, 6.45) is 0.639. The van der Waals surface area contributed by atoms with Gasteiger partial charge < -0.3 is 10.2 Å². The van der Waals surface area contributed by atoms with Crippen LogP contribution in [0.3, 0.4) is 0 Å². The number of hydrogen-bond acceptors (Lipinski definition) is 4. The first-order valence-corrected chi connectivity index (χ1v) is 10.2. The Morgan fingerprint density at radius 1 is 1.23 bits per heavy atom. The van der Waals surface area contributed by atoms with Crippen molar-refractivity contribution in [3.05, 3.63) is 34.9 Å². The summed E-state index contributed by atoms with van der Waals surface area (Å²) in [7, 11) is 0. The predicted octanol–water partition coefficient (Wildman–Crippen LogP) is 3.48. The van der Waals surface area contributed by atoms with E-state index in [2.05, 4.69) is 29.3 Å². The van der Waals surface area contributed by atoms with E-state index in [1.165, 1.54) is 5.56 Å². The molecule has 148 valence electrons. The largest absolute Gasteiger partial charge is 0.340 e. The molecule has 26 heavy (non-hydrogen) atoms. The van der Waals surface area contributed by atoms with Gasteiger partial charge in [-0.15, -0.1) is 24.8 Å². The Kier molecular flexibility index (Phi) is 10.7. The molecule has 2 atom stereocenters. The van der Waals surface area contributed by atoms with Crippen molar-refractivity contribution >= 4 is 54.1 Å². The third-order valence-corrected chi connectivity index (χ3v) is 6.37. The van der Waals surface area contributed by atoms with E-state index in [1.807, 2.05) is 28.8 Å². The molecule has 2 aliphatic heterocycles. The molecule has 1 aromatic rings. The number of carbonyl (C=O) groups is 1. The van der Waals surface area contributed by atoms with Gasteiger partial charge in [0.05, 0.1) is 0 Å². The number of nitrogens with one attached hydrogen (secondary N) is 1. The fraction of sp³-hybridized carbons (Fsp3) is 0.611. The number of hydrogen-bond donors (Lipinski definition) is 1. The van der Waals surface area contributed by atoms with Crippen molar-refractivity contribution in [2.75, 3.05) is 44.2 Å². The van der Waals surface area contributed by atoms with Gasteiger partial charge in [-0.1, -0.05) is 23.7 Å². The van der Waals surface area contributed by atoms with Crippen LogP contribution >= 0.6 is 48.2 Å². The van der Waals surface area contributed by atoms with Gasteiger partial charge in [0, 0.05) is 67.8 Å². The second-order valence-corrected chi connectivity index (χ2v) is 8.16. The average molecular weight is 441 g/mol. The summed E-state index contributed by atoms with van der Waals surface area (Å²) in [5.74, 6) is 2.51. The monoisotopic (exact) mass is 439 g/mol. The second-order valence-electron chi connectivity index (χ2n) is 6.57. The van der Waals surface area contributed by atoms with Gasteiger partial charge in [-0.2, -0.15) is 11.8 Å². The van der Waals surface area contributed by atoms with E-state index in [4.69, 9.17) is 11.6 Å². The van der Waals surface area contributed by atoms with Crippen molar-refractivity contribution in [2.45, 2.75) is 25.4 Å². The number of nitrogens with zero attached hydrogens (tertiary/aromatic N) is 2. The van der Waals surface area contributed by atoms with E-state index in [0.29, 0.717) is 24.4 Å². The normalized spacial score (nSPS) is 22.1. The first-order valence-electron chi connectivity index (χ1n) is 8.72. The molecule has 1 N–H and O–H groups in total. The number of piperazine rings is 1. The highest BCUT2D eigenvalue weighted by Gasteiger charge is 2.26. The molecule has 2 saturated heterocycles. The smallest absolute Gasteiger partial charge is 0.224 e. The lowest BCUT2D eigenvalue weighted by atomic mass is 10.1. The van der Waals surface area contributed by atoms with Gasteiger partial charge in [0.2, 0.25) is 5.91 Å². The van der Waals surface area contributed by atoms with Crippen LogP contribution in [-0.4, -0.2) is 66.0 Å². The van der Waals surface area contributed by atoms with Crippen LogP contribution < -0.4 is 5.32 Å². The molecule has 0 aliphatic carbocycles. The zero-order chi connectivity index (χ0) is 16.9. The molecule has 2 heterocycles. The molecule has 3 rings (SSSR count). The quantitative estimate of drug-likeness (QED) is 0.777. The Labute approximate surface area is 178 Å². The molecule has 8 heteroatoms. The van der Waals surface area contributed by atoms with Crippen LogP contribution in [0.1, 0.15) is 24.9 Å². The number of benzene rings is 1. The van der Waals surface area contributed by atoms with Gasteiger partial charge in [-0.05, 0) is 24.6 Å². The molecule has 4 nitrogen and oxygen atoms in total. The summed E-state index contributed by atoms with van der Waals surface area (Å²) in [5, 5.41) is 4.23. The van der Waals surface area contributed by atoms with Gasteiger partial charge in [0.1, 0.15) is 0 Å². The van der Waals surface area contributed by atoms with Crippen molar-refractivity contribution in [3.63, 3.8) is 0 Å². The summed E-state index contributed by atoms with van der Waals surface area (Å²) in [5.41, 5.74) is 1.28. The first kappa shape index (κ1) is 23.9. The number of halogens is 3. The van der Waals surface area contributed by atoms with Crippen LogP contribution in [0.15, 0.2) is 24.3 Å². The zero-order valence-corrected chi connectivity index (χ0v) is 18.2. The lowest BCUT2D eigenvalue weighted by Gasteiger charge is -2.39. The molecular formula is C18H28Cl3N3OS. The molecule has 0 saturated carbocycles. The number of carbonyl (C=O) groups excluding carboxylic acids is 1. The van der Waals surface area contributed by atoms with Crippen molar-refractivity contribution in [3.8, 4) is 0 Å². The van der Waals surface area contributed by atoms with Crippen molar-refractivity contribution < 1.29 is 4.79 Å². The van der Waals surface area contributed by atoms with Crippen LogP contribution in [-0.2, 0) is 4.79 Å². The van der Waals surface area contributed by atoms with Crippen molar-refractivity contribution in [2.24, 2.45) is 0 Å². The second kappa shape index (κ2) is 11.6. The van der Waals surface area contributed by atoms with Crippen molar-refractivity contribution in [1.82, 2.24) is 15.1 Å². The molecule has 2 fully saturated rings.